The predicted octanol–water partition coefficient (Wildman–Crippen LogP) is 4.14. The Labute approximate surface area is 202 Å². The number of anilines is 1. The fourth-order valence-corrected chi connectivity index (χ4v) is 4.46. The van der Waals surface area contributed by atoms with Crippen LogP contribution in [0.5, 0.6) is 5.75 Å². The van der Waals surface area contributed by atoms with E-state index in [-0.39, 0.29) is 17.0 Å². The van der Waals surface area contributed by atoms with Gasteiger partial charge in [-0.05, 0) is 67.1 Å². The molecule has 1 aromatic heterocycles. The topological polar surface area (TPSA) is 102 Å². The van der Waals surface area contributed by atoms with Gasteiger partial charge in [0.05, 0.1) is 23.5 Å². The van der Waals surface area contributed by atoms with E-state index in [1.54, 1.807) is 53.4 Å². The maximum Gasteiger partial charge on any atom is 0.261 e. The molecule has 0 fully saturated rings. The van der Waals surface area contributed by atoms with Crippen LogP contribution in [0.25, 0.3) is 5.69 Å². The average molecular weight is 495 g/mol. The van der Waals surface area contributed by atoms with E-state index in [0.717, 1.165) is 0 Å². The summed E-state index contributed by atoms with van der Waals surface area (Å²) in [6.45, 7) is 2.43. The van der Waals surface area contributed by atoms with Gasteiger partial charge < -0.3 is 14.6 Å². The lowest BCUT2D eigenvalue weighted by Crippen LogP contribution is -2.23. The SMILES string of the molecule is CCOc1ccc(NS(=O)(=O)c2cccc(C(=O)NCc3ccc(-n4ccnc4)c(F)c3)c2)cc1. The monoisotopic (exact) mass is 494 g/mol. The summed E-state index contributed by atoms with van der Waals surface area (Å²) in [6.07, 6.45) is 4.67. The van der Waals surface area contributed by atoms with Gasteiger partial charge in [0, 0.05) is 30.2 Å². The van der Waals surface area contributed by atoms with Crippen LogP contribution in [0.1, 0.15) is 22.8 Å². The van der Waals surface area contributed by atoms with E-state index in [4.69, 9.17) is 4.74 Å². The Morgan fingerprint density at radius 1 is 1.09 bits per heavy atom. The van der Waals surface area contributed by atoms with Crippen molar-refractivity contribution < 1.29 is 22.3 Å². The van der Waals surface area contributed by atoms with Crippen molar-refractivity contribution in [2.24, 2.45) is 0 Å². The van der Waals surface area contributed by atoms with Crippen molar-refractivity contribution in [3.8, 4) is 11.4 Å². The van der Waals surface area contributed by atoms with E-state index < -0.39 is 21.7 Å². The number of amides is 1. The largest absolute Gasteiger partial charge is 0.494 e. The van der Waals surface area contributed by atoms with Crippen molar-refractivity contribution in [1.29, 1.82) is 0 Å². The molecule has 2 N–H and O–H groups in total. The molecule has 0 bridgehead atoms. The molecule has 0 saturated carbocycles. The molecule has 4 rings (SSSR count). The molecule has 0 aliphatic carbocycles. The first-order valence-corrected chi connectivity index (χ1v) is 12.2. The first kappa shape index (κ1) is 24.0. The number of hydrogen-bond acceptors (Lipinski definition) is 5. The zero-order chi connectivity index (χ0) is 24.8. The minimum absolute atomic E-state index is 0.0604. The second kappa shape index (κ2) is 10.4. The molecule has 0 aliphatic rings. The zero-order valence-electron chi connectivity index (χ0n) is 18.8. The van der Waals surface area contributed by atoms with E-state index >= 15 is 0 Å². The molecule has 3 aromatic carbocycles. The van der Waals surface area contributed by atoms with Gasteiger partial charge in [0.15, 0.2) is 0 Å². The van der Waals surface area contributed by atoms with Gasteiger partial charge in [-0.15, -0.1) is 0 Å². The number of nitrogens with one attached hydrogen (secondary N) is 2. The highest BCUT2D eigenvalue weighted by atomic mass is 32.2. The summed E-state index contributed by atoms with van der Waals surface area (Å²) in [5.41, 5.74) is 1.43. The van der Waals surface area contributed by atoms with Gasteiger partial charge in [-0.1, -0.05) is 12.1 Å². The second-order valence-electron chi connectivity index (χ2n) is 7.53. The number of nitrogens with zero attached hydrogens (tertiary/aromatic N) is 2. The van der Waals surface area contributed by atoms with Crippen LogP contribution in [0.4, 0.5) is 10.1 Å². The lowest BCUT2D eigenvalue weighted by molar-refractivity contribution is 0.0950. The average Bonchev–Trinajstić information content (AvgIpc) is 3.38. The molecule has 0 saturated heterocycles. The second-order valence-corrected chi connectivity index (χ2v) is 9.21. The summed E-state index contributed by atoms with van der Waals surface area (Å²) < 4.78 is 49.5. The van der Waals surface area contributed by atoms with Crippen LogP contribution in [-0.4, -0.2) is 30.5 Å². The van der Waals surface area contributed by atoms with Gasteiger partial charge in [0.25, 0.3) is 15.9 Å². The predicted molar refractivity (Wildman–Crippen MR) is 130 cm³/mol. The summed E-state index contributed by atoms with van der Waals surface area (Å²) in [7, 11) is -3.92. The van der Waals surface area contributed by atoms with Crippen LogP contribution in [0.15, 0.2) is 90.3 Å². The van der Waals surface area contributed by atoms with Crippen molar-refractivity contribution in [2.75, 3.05) is 11.3 Å². The van der Waals surface area contributed by atoms with Gasteiger partial charge in [-0.3, -0.25) is 9.52 Å². The van der Waals surface area contributed by atoms with Crippen LogP contribution >= 0.6 is 0 Å². The molecule has 0 spiro atoms. The summed E-state index contributed by atoms with van der Waals surface area (Å²) in [4.78, 5) is 16.5. The molecule has 0 unspecified atom stereocenters. The first-order valence-electron chi connectivity index (χ1n) is 10.8. The molecule has 10 heteroatoms. The Hall–Kier alpha value is -4.18. The molecule has 180 valence electrons. The van der Waals surface area contributed by atoms with Crippen LogP contribution in [0.2, 0.25) is 0 Å². The van der Waals surface area contributed by atoms with Crippen molar-refractivity contribution in [3.05, 3.63) is 102 Å². The molecule has 1 amide bonds. The molecule has 0 atom stereocenters. The standard InChI is InChI=1S/C25H23FN4O4S/c1-2-34-21-9-7-20(8-10-21)29-35(32,33)22-5-3-4-19(15-22)25(31)28-16-18-6-11-24(23(26)14-18)30-13-12-27-17-30/h3-15,17,29H,2,16H2,1H3,(H,28,31). The third-order valence-electron chi connectivity index (χ3n) is 5.07. The Morgan fingerprint density at radius 3 is 2.57 bits per heavy atom. The van der Waals surface area contributed by atoms with Crippen molar-refractivity contribution in [2.45, 2.75) is 18.4 Å². The lowest BCUT2D eigenvalue weighted by Gasteiger charge is -2.11. The number of imidazole rings is 1. The molecular formula is C25H23FN4O4S. The van der Waals surface area contributed by atoms with Crippen molar-refractivity contribution in [1.82, 2.24) is 14.9 Å². The number of ether oxygens (including phenoxy) is 1. The Morgan fingerprint density at radius 2 is 1.89 bits per heavy atom. The van der Waals surface area contributed by atoms with Gasteiger partial charge in [0.2, 0.25) is 0 Å². The number of carbonyl (C=O) groups is 1. The number of aromatic nitrogens is 2. The fourth-order valence-electron chi connectivity index (χ4n) is 3.36. The molecule has 0 radical (unpaired) electrons. The Balaban J connectivity index is 1.42. The van der Waals surface area contributed by atoms with Crippen LogP contribution in [-0.2, 0) is 16.6 Å². The van der Waals surface area contributed by atoms with Gasteiger partial charge in [-0.2, -0.15) is 0 Å². The lowest BCUT2D eigenvalue weighted by atomic mass is 10.1. The molecular weight excluding hydrogens is 471 g/mol. The number of halogens is 1. The van der Waals surface area contributed by atoms with E-state index in [1.807, 2.05) is 6.92 Å². The molecule has 8 nitrogen and oxygen atoms in total. The van der Waals surface area contributed by atoms with Crippen molar-refractivity contribution >= 4 is 21.6 Å². The summed E-state index contributed by atoms with van der Waals surface area (Å²) in [5, 5.41) is 2.69. The quantitative estimate of drug-likeness (QED) is 0.364. The summed E-state index contributed by atoms with van der Waals surface area (Å²) >= 11 is 0. The van der Waals surface area contributed by atoms with E-state index in [1.165, 1.54) is 36.7 Å². The van der Waals surface area contributed by atoms with Gasteiger partial charge >= 0.3 is 0 Å². The number of sulfonamides is 1. The van der Waals surface area contributed by atoms with E-state index in [0.29, 0.717) is 29.3 Å². The summed E-state index contributed by atoms with van der Waals surface area (Å²) in [5.74, 6) is -0.309. The zero-order valence-corrected chi connectivity index (χ0v) is 19.6. The maximum absolute atomic E-state index is 14.4. The van der Waals surface area contributed by atoms with Gasteiger partial charge in [0.1, 0.15) is 11.6 Å². The minimum Gasteiger partial charge on any atom is -0.494 e. The Kier molecular flexibility index (Phi) is 7.11. The van der Waals surface area contributed by atoms with Crippen LogP contribution < -0.4 is 14.8 Å². The van der Waals surface area contributed by atoms with Crippen molar-refractivity contribution in [3.63, 3.8) is 0 Å². The fraction of sp³-hybridized carbons (Fsp3) is 0.120. The number of benzene rings is 3. The maximum atomic E-state index is 14.4. The van der Waals surface area contributed by atoms with Crippen LogP contribution in [0, 0.1) is 5.82 Å². The normalized spacial score (nSPS) is 11.1. The number of rotatable bonds is 9. The van der Waals surface area contributed by atoms with E-state index in [9.17, 15) is 17.6 Å². The highest BCUT2D eigenvalue weighted by Gasteiger charge is 2.17. The third kappa shape index (κ3) is 5.85. The molecule has 35 heavy (non-hydrogen) atoms. The minimum atomic E-state index is -3.92. The Bertz CT molecular complexity index is 1420. The van der Waals surface area contributed by atoms with Gasteiger partial charge in [-0.25, -0.2) is 17.8 Å². The molecule has 4 aromatic rings. The smallest absolute Gasteiger partial charge is 0.261 e. The molecule has 0 aliphatic heterocycles. The highest BCUT2D eigenvalue weighted by Crippen LogP contribution is 2.20. The first-order chi connectivity index (χ1) is 16.9. The number of hydrogen-bond donors (Lipinski definition) is 2. The third-order valence-corrected chi connectivity index (χ3v) is 6.45. The summed E-state index contributed by atoms with van der Waals surface area (Å²) in [6, 6.07) is 16.8. The van der Waals surface area contributed by atoms with Crippen LogP contribution in [0.3, 0.4) is 0 Å². The number of carbonyl (C=O) groups excluding carboxylic acids is 1. The van der Waals surface area contributed by atoms with E-state index in [2.05, 4.69) is 15.0 Å². The molecule has 1 heterocycles. The highest BCUT2D eigenvalue weighted by molar-refractivity contribution is 7.92.